The van der Waals surface area contributed by atoms with E-state index >= 15 is 0 Å². The Morgan fingerprint density at radius 2 is 1.91 bits per heavy atom. The van der Waals surface area contributed by atoms with Crippen LogP contribution in [0.2, 0.25) is 0 Å². The molecule has 7 rings (SSSR count). The van der Waals surface area contributed by atoms with Crippen LogP contribution in [0.1, 0.15) is 24.8 Å². The molecule has 0 radical (unpaired) electrons. The lowest BCUT2D eigenvalue weighted by Crippen LogP contribution is -2.65. The molecule has 4 aromatic rings. The molecule has 6 heterocycles. The number of nitriles is 1. The first-order valence-electron chi connectivity index (χ1n) is 11.5. The molecular formula is C26H22N8O. The van der Waals surface area contributed by atoms with E-state index in [0.717, 1.165) is 52.9 Å². The first kappa shape index (κ1) is 20.9. The highest BCUT2D eigenvalue weighted by Crippen LogP contribution is 2.41. The molecule has 2 aliphatic heterocycles. The lowest BCUT2D eigenvalue weighted by Gasteiger charge is -2.56. The fraction of sp³-hybridized carbons (Fsp3) is 0.269. The highest BCUT2D eigenvalue weighted by Gasteiger charge is 2.46. The topological polar surface area (TPSA) is 104 Å². The SMILES string of the molecule is C#CC(=O)NC1CC2CC(C1)N2c1ccc(-c2cc(-c3cnn(C)c3)cn3ncc(C#N)c23)cn1. The summed E-state index contributed by atoms with van der Waals surface area (Å²) < 4.78 is 3.50. The molecule has 172 valence electrons. The number of pyridine rings is 2. The molecule has 2 bridgehead atoms. The van der Waals surface area contributed by atoms with Gasteiger partial charge in [0.15, 0.2) is 0 Å². The minimum atomic E-state index is -0.346. The lowest BCUT2D eigenvalue weighted by molar-refractivity contribution is -0.116. The number of fused-ring (bicyclic) bond motifs is 3. The fourth-order valence-corrected chi connectivity index (χ4v) is 5.44. The first-order chi connectivity index (χ1) is 17.0. The minimum Gasteiger partial charge on any atom is -0.350 e. The van der Waals surface area contributed by atoms with Gasteiger partial charge in [0.05, 0.1) is 23.5 Å². The standard InChI is InChI=1S/C26H22N8O/c1-3-25(35)31-20-7-21-9-22(8-20)34(21)24-5-4-16(11-28-24)23-6-17(19-13-29-32(2)14-19)15-33-26(23)18(10-27)12-30-33/h1,4-6,11-15,20-22H,7-9H2,2H3,(H,31,35). The van der Waals surface area contributed by atoms with Crippen LogP contribution < -0.4 is 10.2 Å². The summed E-state index contributed by atoms with van der Waals surface area (Å²) in [7, 11) is 1.88. The van der Waals surface area contributed by atoms with E-state index < -0.39 is 0 Å². The summed E-state index contributed by atoms with van der Waals surface area (Å²) in [5.74, 6) is 2.71. The quantitative estimate of drug-likeness (QED) is 0.468. The van der Waals surface area contributed by atoms with Crippen LogP contribution >= 0.6 is 0 Å². The third-order valence-corrected chi connectivity index (χ3v) is 7.00. The Morgan fingerprint density at radius 1 is 1.09 bits per heavy atom. The molecule has 1 saturated carbocycles. The summed E-state index contributed by atoms with van der Waals surface area (Å²) in [6.07, 6.45) is 17.1. The van der Waals surface area contributed by atoms with Crippen LogP contribution in [-0.2, 0) is 11.8 Å². The van der Waals surface area contributed by atoms with Gasteiger partial charge in [-0.3, -0.25) is 9.48 Å². The van der Waals surface area contributed by atoms with Crippen LogP contribution in [0, 0.1) is 23.7 Å². The van der Waals surface area contributed by atoms with E-state index in [2.05, 4.69) is 38.5 Å². The zero-order chi connectivity index (χ0) is 24.1. The summed E-state index contributed by atoms with van der Waals surface area (Å²) >= 11 is 0. The van der Waals surface area contributed by atoms with Gasteiger partial charge in [0.1, 0.15) is 11.9 Å². The fourth-order valence-electron chi connectivity index (χ4n) is 5.44. The summed E-state index contributed by atoms with van der Waals surface area (Å²) in [5, 5.41) is 21.3. The van der Waals surface area contributed by atoms with Crippen molar-refractivity contribution in [2.75, 3.05) is 4.90 Å². The molecule has 9 heteroatoms. The molecule has 2 unspecified atom stereocenters. The molecule has 35 heavy (non-hydrogen) atoms. The number of nitrogens with one attached hydrogen (secondary N) is 1. The molecule has 1 amide bonds. The average molecular weight is 463 g/mol. The molecule has 2 saturated heterocycles. The lowest BCUT2D eigenvalue weighted by atomic mass is 9.76. The van der Waals surface area contributed by atoms with Crippen molar-refractivity contribution in [1.82, 2.24) is 29.7 Å². The van der Waals surface area contributed by atoms with Crippen molar-refractivity contribution in [3.05, 3.63) is 54.7 Å². The van der Waals surface area contributed by atoms with Crippen molar-refractivity contribution < 1.29 is 4.79 Å². The van der Waals surface area contributed by atoms with E-state index in [4.69, 9.17) is 11.4 Å². The number of rotatable bonds is 4. The number of aromatic nitrogens is 5. The van der Waals surface area contributed by atoms with Gasteiger partial charge in [0, 0.05) is 66.0 Å². The molecule has 4 aromatic heterocycles. The van der Waals surface area contributed by atoms with Gasteiger partial charge in [-0.2, -0.15) is 15.5 Å². The molecular weight excluding hydrogens is 440 g/mol. The van der Waals surface area contributed by atoms with Crippen molar-refractivity contribution in [1.29, 1.82) is 5.26 Å². The number of aryl methyl sites for hydroxylation is 1. The van der Waals surface area contributed by atoms with Crippen molar-refractivity contribution in [2.45, 2.75) is 37.4 Å². The monoisotopic (exact) mass is 462 g/mol. The number of anilines is 1. The maximum atomic E-state index is 11.6. The smallest absolute Gasteiger partial charge is 0.295 e. The number of hydrogen-bond acceptors (Lipinski definition) is 6. The summed E-state index contributed by atoms with van der Waals surface area (Å²) in [5.41, 5.74) is 4.98. The van der Waals surface area contributed by atoms with E-state index in [9.17, 15) is 10.1 Å². The zero-order valence-electron chi connectivity index (χ0n) is 19.1. The van der Waals surface area contributed by atoms with Gasteiger partial charge in [0.2, 0.25) is 0 Å². The van der Waals surface area contributed by atoms with Gasteiger partial charge in [-0.15, -0.1) is 6.42 Å². The zero-order valence-corrected chi connectivity index (χ0v) is 19.1. The van der Waals surface area contributed by atoms with Gasteiger partial charge in [0.25, 0.3) is 5.91 Å². The van der Waals surface area contributed by atoms with Crippen LogP contribution in [0.4, 0.5) is 5.82 Å². The Bertz CT molecular complexity index is 1520. The van der Waals surface area contributed by atoms with Gasteiger partial charge < -0.3 is 10.2 Å². The van der Waals surface area contributed by atoms with Crippen molar-refractivity contribution in [3.63, 3.8) is 0 Å². The average Bonchev–Trinajstić information content (AvgIpc) is 3.49. The van der Waals surface area contributed by atoms with Crippen molar-refractivity contribution >= 4 is 17.2 Å². The number of hydrogen-bond donors (Lipinski definition) is 1. The summed E-state index contributed by atoms with van der Waals surface area (Å²) in [6.45, 7) is 0. The Kier molecular flexibility index (Phi) is 4.78. The Morgan fingerprint density at radius 3 is 2.57 bits per heavy atom. The maximum Gasteiger partial charge on any atom is 0.295 e. The highest BCUT2D eigenvalue weighted by molar-refractivity contribution is 5.93. The molecule has 2 atom stereocenters. The molecule has 1 N–H and O–H groups in total. The second kappa shape index (κ2) is 8.00. The normalized spacial score (nSPS) is 20.7. The van der Waals surface area contributed by atoms with Gasteiger partial charge >= 0.3 is 0 Å². The number of piperidine rings is 1. The molecule has 0 spiro atoms. The predicted octanol–water partition coefficient (Wildman–Crippen LogP) is 2.53. The summed E-state index contributed by atoms with van der Waals surface area (Å²) in [4.78, 5) is 18.7. The Balaban J connectivity index is 1.32. The van der Waals surface area contributed by atoms with E-state index in [1.54, 1.807) is 15.4 Å². The number of amides is 1. The molecule has 9 nitrogen and oxygen atoms in total. The number of terminal acetylenes is 1. The number of carbonyl (C=O) groups excluding carboxylic acids is 1. The molecule has 1 aliphatic carbocycles. The number of nitrogens with zero attached hydrogens (tertiary/aromatic N) is 7. The third-order valence-electron chi connectivity index (χ3n) is 7.00. The molecule has 3 fully saturated rings. The van der Waals surface area contributed by atoms with E-state index in [1.165, 1.54) is 0 Å². The Hall–Kier alpha value is -4.63. The van der Waals surface area contributed by atoms with Gasteiger partial charge in [-0.25, -0.2) is 9.50 Å². The Labute approximate surface area is 202 Å². The maximum absolute atomic E-state index is 11.6. The van der Waals surface area contributed by atoms with E-state index in [1.807, 2.05) is 44.0 Å². The predicted molar refractivity (Wildman–Crippen MR) is 130 cm³/mol. The number of carbonyl (C=O) groups is 1. The van der Waals surface area contributed by atoms with Crippen LogP contribution in [0.15, 0.2) is 49.2 Å². The van der Waals surface area contributed by atoms with Crippen LogP contribution in [-0.4, -0.2) is 48.4 Å². The van der Waals surface area contributed by atoms with Crippen molar-refractivity contribution in [2.24, 2.45) is 7.05 Å². The highest BCUT2D eigenvalue weighted by atomic mass is 16.1. The van der Waals surface area contributed by atoms with E-state index in [-0.39, 0.29) is 11.9 Å². The van der Waals surface area contributed by atoms with Crippen LogP contribution in [0.3, 0.4) is 0 Å². The molecule has 0 aromatic carbocycles. The van der Waals surface area contributed by atoms with Crippen LogP contribution in [0.5, 0.6) is 0 Å². The second-order valence-corrected chi connectivity index (χ2v) is 9.15. The second-order valence-electron chi connectivity index (χ2n) is 9.15. The van der Waals surface area contributed by atoms with Gasteiger partial charge in [-0.1, -0.05) is 0 Å². The molecule has 3 aliphatic rings. The van der Waals surface area contributed by atoms with Crippen LogP contribution in [0.25, 0.3) is 27.8 Å². The van der Waals surface area contributed by atoms with Gasteiger partial charge in [-0.05, 0) is 43.4 Å². The first-order valence-corrected chi connectivity index (χ1v) is 11.5. The van der Waals surface area contributed by atoms with Crippen molar-refractivity contribution in [3.8, 4) is 40.7 Å². The minimum absolute atomic E-state index is 0.118. The summed E-state index contributed by atoms with van der Waals surface area (Å²) in [6, 6.07) is 9.19. The van der Waals surface area contributed by atoms with E-state index in [0.29, 0.717) is 17.6 Å². The third kappa shape index (κ3) is 3.49. The largest absolute Gasteiger partial charge is 0.350 e.